The maximum Gasteiger partial charge on any atom is 0.342 e. The average Bonchev–Trinajstić information content (AvgIpc) is 2.93. The number of carbonyl (C=O) groups is 1. The Kier molecular flexibility index (Phi) is 14.2. The Morgan fingerprint density at radius 3 is 2.39 bits per heavy atom. The third kappa shape index (κ3) is 9.97. The molecule has 0 unspecified atom stereocenters. The molecule has 38 heavy (non-hydrogen) atoms. The average molecular weight is 527 g/mol. The van der Waals surface area contributed by atoms with E-state index in [0.717, 1.165) is 23.3 Å². The Morgan fingerprint density at radius 1 is 1.00 bits per heavy atom. The highest BCUT2D eigenvalue weighted by atomic mass is 16.7. The lowest BCUT2D eigenvalue weighted by Crippen LogP contribution is -2.31. The van der Waals surface area contributed by atoms with Gasteiger partial charge in [0, 0.05) is 20.0 Å². The zero-order chi connectivity index (χ0) is 27.8. The molecule has 0 aliphatic carbocycles. The summed E-state index contributed by atoms with van der Waals surface area (Å²) in [6, 6.07) is 13.2. The van der Waals surface area contributed by atoms with Crippen LogP contribution >= 0.6 is 0 Å². The maximum absolute atomic E-state index is 13.5. The molecule has 0 amide bonds. The minimum Gasteiger partial charge on any atom is -0.497 e. The highest BCUT2D eigenvalue weighted by Crippen LogP contribution is 2.27. The molecule has 3 atom stereocenters. The maximum atomic E-state index is 13.5. The molecule has 208 valence electrons. The van der Waals surface area contributed by atoms with Gasteiger partial charge in [0.1, 0.15) is 30.0 Å². The van der Waals surface area contributed by atoms with E-state index in [0.29, 0.717) is 43.8 Å². The molecule has 0 aromatic heterocycles. The van der Waals surface area contributed by atoms with Crippen molar-refractivity contribution in [3.8, 4) is 11.5 Å². The van der Waals surface area contributed by atoms with Crippen LogP contribution in [-0.4, -0.2) is 52.9 Å². The number of carbonyl (C=O) groups excluding carboxylic acids is 1. The largest absolute Gasteiger partial charge is 0.497 e. The quantitative estimate of drug-likeness (QED) is 0.0940. The SMILES string of the molecule is C=CCc1cccc(OC)c1C(=O)O[C@@H](CCOCc1ccc(OC)cc1)C[C@@H](OCOC)[C@@H](C)CC=C. The van der Waals surface area contributed by atoms with Crippen molar-refractivity contribution in [1.29, 1.82) is 0 Å². The van der Waals surface area contributed by atoms with Gasteiger partial charge in [0.15, 0.2) is 0 Å². The molecule has 7 nitrogen and oxygen atoms in total. The molecule has 7 heteroatoms. The predicted octanol–water partition coefficient (Wildman–Crippen LogP) is 6.16. The fraction of sp³-hybridized carbons (Fsp3) is 0.452. The Bertz CT molecular complexity index is 986. The summed E-state index contributed by atoms with van der Waals surface area (Å²) in [7, 11) is 4.76. The van der Waals surface area contributed by atoms with Gasteiger partial charge in [0.05, 0.1) is 33.5 Å². The Morgan fingerprint density at radius 2 is 1.76 bits per heavy atom. The number of ether oxygens (including phenoxy) is 6. The minimum atomic E-state index is -0.450. The first kappa shape index (κ1) is 31.1. The van der Waals surface area contributed by atoms with E-state index in [1.807, 2.05) is 42.5 Å². The van der Waals surface area contributed by atoms with E-state index in [4.69, 9.17) is 28.4 Å². The number of benzene rings is 2. The van der Waals surface area contributed by atoms with Crippen molar-refractivity contribution in [2.45, 2.75) is 51.4 Å². The van der Waals surface area contributed by atoms with Gasteiger partial charge in [0.25, 0.3) is 0 Å². The van der Waals surface area contributed by atoms with Crippen molar-refractivity contribution in [3.63, 3.8) is 0 Å². The molecule has 2 aromatic rings. The topological polar surface area (TPSA) is 72.5 Å². The van der Waals surface area contributed by atoms with E-state index in [1.54, 1.807) is 33.5 Å². The number of esters is 1. The molecule has 0 radical (unpaired) electrons. The zero-order valence-corrected chi connectivity index (χ0v) is 23.1. The van der Waals surface area contributed by atoms with Crippen LogP contribution in [0.3, 0.4) is 0 Å². The van der Waals surface area contributed by atoms with Gasteiger partial charge in [-0.3, -0.25) is 0 Å². The van der Waals surface area contributed by atoms with Gasteiger partial charge in [-0.05, 0) is 48.1 Å². The normalized spacial score (nSPS) is 13.3. The van der Waals surface area contributed by atoms with E-state index in [-0.39, 0.29) is 18.8 Å². The van der Waals surface area contributed by atoms with Crippen LogP contribution in [0.15, 0.2) is 67.8 Å². The van der Waals surface area contributed by atoms with E-state index in [1.165, 1.54) is 0 Å². The molecule has 0 spiro atoms. The Balaban J connectivity index is 2.18. The third-order valence-electron chi connectivity index (χ3n) is 6.25. The first-order chi connectivity index (χ1) is 18.5. The van der Waals surface area contributed by atoms with Crippen molar-refractivity contribution in [3.05, 3.63) is 84.5 Å². The molecule has 0 fully saturated rings. The first-order valence-electron chi connectivity index (χ1n) is 12.9. The molecule has 0 aliphatic heterocycles. The van der Waals surface area contributed by atoms with Crippen LogP contribution in [0.25, 0.3) is 0 Å². The summed E-state index contributed by atoms with van der Waals surface area (Å²) < 4.78 is 33.9. The number of hydrogen-bond acceptors (Lipinski definition) is 7. The van der Waals surface area contributed by atoms with E-state index < -0.39 is 12.1 Å². The number of methoxy groups -OCH3 is 3. The van der Waals surface area contributed by atoms with Crippen molar-refractivity contribution >= 4 is 5.97 Å². The number of hydrogen-bond donors (Lipinski definition) is 0. The second kappa shape index (κ2) is 17.4. The van der Waals surface area contributed by atoms with Gasteiger partial charge < -0.3 is 28.4 Å². The lowest BCUT2D eigenvalue weighted by atomic mass is 9.94. The van der Waals surface area contributed by atoms with Gasteiger partial charge in [-0.15, -0.1) is 13.2 Å². The van der Waals surface area contributed by atoms with Gasteiger partial charge in [-0.25, -0.2) is 4.79 Å². The number of rotatable bonds is 19. The highest BCUT2D eigenvalue weighted by molar-refractivity contribution is 5.94. The highest BCUT2D eigenvalue weighted by Gasteiger charge is 2.27. The molecular formula is C31H42O7. The molecular weight excluding hydrogens is 484 g/mol. The second-order valence-corrected chi connectivity index (χ2v) is 9.05. The van der Waals surface area contributed by atoms with Gasteiger partial charge in [0.2, 0.25) is 0 Å². The summed E-state index contributed by atoms with van der Waals surface area (Å²) in [5.74, 6) is 0.979. The smallest absolute Gasteiger partial charge is 0.342 e. The van der Waals surface area contributed by atoms with Gasteiger partial charge in [-0.1, -0.05) is 43.3 Å². The van der Waals surface area contributed by atoms with Crippen LogP contribution < -0.4 is 9.47 Å². The van der Waals surface area contributed by atoms with E-state index >= 15 is 0 Å². The van der Waals surface area contributed by atoms with Crippen LogP contribution in [0.5, 0.6) is 11.5 Å². The molecule has 0 saturated carbocycles. The van der Waals surface area contributed by atoms with Gasteiger partial charge in [-0.2, -0.15) is 0 Å². The summed E-state index contributed by atoms with van der Waals surface area (Å²) in [5, 5.41) is 0. The molecule has 0 saturated heterocycles. The summed E-state index contributed by atoms with van der Waals surface area (Å²) in [5.41, 5.74) is 2.24. The summed E-state index contributed by atoms with van der Waals surface area (Å²) in [4.78, 5) is 13.5. The fourth-order valence-corrected chi connectivity index (χ4v) is 4.16. The minimum absolute atomic E-state index is 0.150. The Labute approximate surface area is 227 Å². The van der Waals surface area contributed by atoms with Gasteiger partial charge >= 0.3 is 5.97 Å². The van der Waals surface area contributed by atoms with Crippen LogP contribution in [0, 0.1) is 5.92 Å². The van der Waals surface area contributed by atoms with E-state index in [9.17, 15) is 4.79 Å². The summed E-state index contributed by atoms with van der Waals surface area (Å²) in [6.07, 6.45) is 5.24. The van der Waals surface area contributed by atoms with Crippen molar-refractivity contribution in [2.24, 2.45) is 5.92 Å². The molecule has 0 N–H and O–H groups in total. The van der Waals surface area contributed by atoms with Crippen LogP contribution in [0.1, 0.15) is 47.7 Å². The molecule has 2 rings (SSSR count). The lowest BCUT2D eigenvalue weighted by molar-refractivity contribution is -0.104. The summed E-state index contributed by atoms with van der Waals surface area (Å²) in [6.45, 7) is 10.7. The Hall–Kier alpha value is -3.13. The number of allylic oxidation sites excluding steroid dienone is 2. The first-order valence-corrected chi connectivity index (χ1v) is 12.9. The van der Waals surface area contributed by atoms with Crippen molar-refractivity contribution in [2.75, 3.05) is 34.7 Å². The summed E-state index contributed by atoms with van der Waals surface area (Å²) >= 11 is 0. The van der Waals surface area contributed by atoms with Crippen molar-refractivity contribution < 1.29 is 33.2 Å². The third-order valence-corrected chi connectivity index (χ3v) is 6.25. The monoisotopic (exact) mass is 526 g/mol. The second-order valence-electron chi connectivity index (χ2n) is 9.05. The van der Waals surface area contributed by atoms with Crippen LogP contribution in [0.2, 0.25) is 0 Å². The molecule has 2 aromatic carbocycles. The fourth-order valence-electron chi connectivity index (χ4n) is 4.16. The predicted molar refractivity (Wildman–Crippen MR) is 149 cm³/mol. The van der Waals surface area contributed by atoms with Crippen LogP contribution in [-0.2, 0) is 32.0 Å². The molecule has 0 aliphatic rings. The molecule has 0 heterocycles. The van der Waals surface area contributed by atoms with E-state index in [2.05, 4.69) is 20.1 Å². The zero-order valence-electron chi connectivity index (χ0n) is 23.1. The molecule has 0 bridgehead atoms. The standard InChI is InChI=1S/C31H42O7/c1-7-10-23(3)29(37-22-33-4)20-27(18-19-36-21-24-14-16-26(34-5)17-15-24)38-31(32)30-25(11-8-2)12-9-13-28(30)35-6/h7-9,12-17,23,27,29H,1-2,10-11,18-22H2,3-6H3/t23-,27-,29+/m0/s1. The lowest BCUT2D eigenvalue weighted by Gasteiger charge is -2.28. The van der Waals surface area contributed by atoms with Crippen LogP contribution in [0.4, 0.5) is 0 Å². The van der Waals surface area contributed by atoms with Crippen molar-refractivity contribution in [1.82, 2.24) is 0 Å².